The average Bonchev–Trinajstić information content (AvgIpc) is 2.54. The summed E-state index contributed by atoms with van der Waals surface area (Å²) in [5, 5.41) is 50.0. The Balaban J connectivity index is -0.00000000306. The molecule has 0 fully saturated rings. The van der Waals surface area contributed by atoms with Crippen LogP contribution in [0.4, 0.5) is 0 Å². The molecule has 0 aliphatic carbocycles. The van der Waals surface area contributed by atoms with E-state index in [9.17, 15) is 0 Å². The number of hydrogen-bond donors (Lipinski definition) is 0. The van der Waals surface area contributed by atoms with Crippen molar-refractivity contribution in [2.24, 2.45) is 0 Å². The fourth-order valence-corrected chi connectivity index (χ4v) is 0. The van der Waals surface area contributed by atoms with Gasteiger partial charge < -0.3 is 94.7 Å². The molecule has 0 bridgehead atoms. The van der Waals surface area contributed by atoms with Crippen molar-refractivity contribution in [2.75, 3.05) is 0 Å². The van der Waals surface area contributed by atoms with Gasteiger partial charge in [-0.15, -0.1) is 0 Å². The van der Waals surface area contributed by atoms with Crippen LogP contribution in [-0.4, -0.2) is 0 Å². The fraction of sp³-hybridized carbons (Fsp3) is 0. The summed E-state index contributed by atoms with van der Waals surface area (Å²) in [4.78, 5) is 0. The molecule has 21 heavy (non-hydrogen) atoms. The van der Waals surface area contributed by atoms with Gasteiger partial charge in [-0.2, -0.15) is 0 Å². The Bertz CT molecular complexity index is 146. The number of hydrogen-bond acceptors (Lipinski definition) is 8. The van der Waals surface area contributed by atoms with Crippen LogP contribution in [0.2, 0.25) is 0 Å². The van der Waals surface area contributed by atoms with Gasteiger partial charge >= 0.3 is 223 Å². The molecule has 0 aliphatic heterocycles. The Morgan fingerprint density at radius 2 is 0.238 bits per heavy atom. The SMILES string of the molecule is [C-]#N.[C-]#N.[C-]#N.[C-]#N.[C-]#N.[C-]#N.[C-]#N.[C-]#N.[Fe+4].[K+].[K+].[K+].[K+]. The third-order valence-corrected chi connectivity index (χ3v) is 0. The van der Waals surface area contributed by atoms with Crippen LogP contribution < -0.4 is 206 Å². The second-order valence-electron chi connectivity index (χ2n) is 0. The predicted molar refractivity (Wildman–Crippen MR) is 39.7 cm³/mol. The standard InChI is InChI=1S/8CN.Fe.4K/c8*1-2;;;;;/q8*-1;+4;4*+1. The molecule has 0 unspecified atom stereocenters. The second kappa shape index (κ2) is 1250. The molecular weight excluding hydrogens is 420 g/mol. The molecule has 0 aromatic rings. The maximum absolute atomic E-state index is 6.25. The van der Waals surface area contributed by atoms with Gasteiger partial charge in [0.25, 0.3) is 0 Å². The van der Waals surface area contributed by atoms with E-state index in [0.717, 1.165) is 0 Å². The van der Waals surface area contributed by atoms with Gasteiger partial charge in [-0.1, -0.05) is 0 Å². The summed E-state index contributed by atoms with van der Waals surface area (Å²) in [6.07, 6.45) is 0. The van der Waals surface area contributed by atoms with Gasteiger partial charge in [0.1, 0.15) is 0 Å². The summed E-state index contributed by atoms with van der Waals surface area (Å²) in [6, 6.07) is 0. The Morgan fingerprint density at radius 3 is 0.238 bits per heavy atom. The van der Waals surface area contributed by atoms with Gasteiger partial charge in [0.05, 0.1) is 0 Å². The topological polar surface area (TPSA) is 190 Å². The molecule has 0 aromatic heterocycles. The molecule has 0 radical (unpaired) electrons. The van der Waals surface area contributed by atoms with E-state index in [1.807, 2.05) is 0 Å². The zero-order valence-corrected chi connectivity index (χ0v) is 25.5. The van der Waals surface area contributed by atoms with Crippen molar-refractivity contribution in [3.05, 3.63) is 52.6 Å². The molecule has 0 saturated heterocycles. The van der Waals surface area contributed by atoms with Crippen LogP contribution in [0.3, 0.4) is 0 Å². The Labute approximate surface area is 308 Å². The van der Waals surface area contributed by atoms with Crippen molar-refractivity contribution in [1.82, 2.24) is 0 Å². The van der Waals surface area contributed by atoms with Crippen molar-refractivity contribution < 1.29 is 223 Å². The molecule has 84 valence electrons. The third-order valence-electron chi connectivity index (χ3n) is 0. The van der Waals surface area contributed by atoms with Gasteiger partial charge in [0.2, 0.25) is 0 Å². The summed E-state index contributed by atoms with van der Waals surface area (Å²) in [7, 11) is 0. The summed E-state index contributed by atoms with van der Waals surface area (Å²) >= 11 is 0. The molecule has 0 aromatic carbocycles. The molecular formula is C8FeK4N8. The van der Waals surface area contributed by atoms with E-state index < -0.39 is 0 Å². The monoisotopic (exact) mass is 420 g/mol. The summed E-state index contributed by atoms with van der Waals surface area (Å²) in [5.74, 6) is 0. The van der Waals surface area contributed by atoms with Gasteiger partial charge in [-0.05, 0) is 0 Å². The minimum Gasteiger partial charge on any atom is -0.512 e. The molecule has 0 heterocycles. The first-order valence-electron chi connectivity index (χ1n) is 1.79. The van der Waals surface area contributed by atoms with Crippen LogP contribution in [0, 0.1) is 94.7 Å². The fourth-order valence-electron chi connectivity index (χ4n) is 0. The molecule has 0 atom stereocenters. The number of rotatable bonds is 0. The van der Waals surface area contributed by atoms with E-state index in [2.05, 4.69) is 0 Å². The Kier molecular flexibility index (Phi) is 6230. The molecule has 0 N–H and O–H groups in total. The zero-order chi connectivity index (χ0) is 16.0. The van der Waals surface area contributed by atoms with Gasteiger partial charge in [-0.3, -0.25) is 0 Å². The van der Waals surface area contributed by atoms with Crippen molar-refractivity contribution in [3.8, 4) is 0 Å². The molecule has 0 spiro atoms. The number of nitrogens with zero attached hydrogens (tertiary/aromatic N) is 8. The van der Waals surface area contributed by atoms with Crippen molar-refractivity contribution >= 4 is 0 Å². The first-order chi connectivity index (χ1) is 8.00. The van der Waals surface area contributed by atoms with E-state index in [1.165, 1.54) is 0 Å². The van der Waals surface area contributed by atoms with Gasteiger partial charge in [0.15, 0.2) is 0 Å². The van der Waals surface area contributed by atoms with Crippen molar-refractivity contribution in [2.45, 2.75) is 0 Å². The van der Waals surface area contributed by atoms with Crippen LogP contribution >= 0.6 is 0 Å². The first kappa shape index (κ1) is 105. The van der Waals surface area contributed by atoms with Crippen LogP contribution in [0.5, 0.6) is 0 Å². The van der Waals surface area contributed by atoms with Crippen LogP contribution in [0.25, 0.3) is 0 Å². The van der Waals surface area contributed by atoms with E-state index in [1.54, 1.807) is 0 Å². The molecule has 13 heteroatoms. The molecule has 0 rings (SSSR count). The summed E-state index contributed by atoms with van der Waals surface area (Å²) < 4.78 is 0. The van der Waals surface area contributed by atoms with E-state index in [0.29, 0.717) is 0 Å². The Morgan fingerprint density at radius 1 is 0.238 bits per heavy atom. The average molecular weight is 420 g/mol. The first-order valence-corrected chi connectivity index (χ1v) is 1.79. The second-order valence-corrected chi connectivity index (χ2v) is 0. The quantitative estimate of drug-likeness (QED) is 0.272. The smallest absolute Gasteiger partial charge is 0.512 e. The van der Waals surface area contributed by atoms with E-state index in [4.69, 9.17) is 94.7 Å². The largest absolute Gasteiger partial charge is 4.00 e. The normalized spacial score (nSPS) is 0.762. The summed E-state index contributed by atoms with van der Waals surface area (Å²) in [6.45, 7) is 38.0. The van der Waals surface area contributed by atoms with E-state index >= 15 is 0 Å². The molecule has 0 amide bonds. The predicted octanol–water partition coefficient (Wildman–Crippen LogP) is -11.2. The minimum absolute atomic E-state index is 0. The van der Waals surface area contributed by atoms with Crippen LogP contribution in [0.15, 0.2) is 0 Å². The van der Waals surface area contributed by atoms with Gasteiger partial charge in [0, 0.05) is 0 Å². The maximum Gasteiger partial charge on any atom is 4.00 e. The maximum atomic E-state index is 6.25. The van der Waals surface area contributed by atoms with E-state index in [-0.39, 0.29) is 223 Å². The van der Waals surface area contributed by atoms with Crippen molar-refractivity contribution in [3.63, 3.8) is 0 Å². The molecule has 0 aliphatic rings. The summed E-state index contributed by atoms with van der Waals surface area (Å²) in [5.41, 5.74) is 0. The van der Waals surface area contributed by atoms with Crippen LogP contribution in [-0.2, 0) is 17.1 Å². The molecule has 0 saturated carbocycles. The van der Waals surface area contributed by atoms with Crippen molar-refractivity contribution in [1.29, 1.82) is 42.1 Å². The Hall–Kier alpha value is 2.98. The third kappa shape index (κ3) is 1140. The van der Waals surface area contributed by atoms with Crippen LogP contribution in [0.1, 0.15) is 0 Å². The minimum atomic E-state index is 0. The van der Waals surface area contributed by atoms with Gasteiger partial charge in [-0.25, -0.2) is 0 Å². The zero-order valence-electron chi connectivity index (χ0n) is 11.9. The molecule has 8 nitrogen and oxygen atoms in total.